The summed E-state index contributed by atoms with van der Waals surface area (Å²) in [6, 6.07) is -1.01. The summed E-state index contributed by atoms with van der Waals surface area (Å²) < 4.78 is 83.1. The number of anilines is 1. The lowest BCUT2D eigenvalue weighted by molar-refractivity contribution is -0.318. The molecule has 394 valence electrons. The van der Waals surface area contributed by atoms with Gasteiger partial charge >= 0.3 is 18.2 Å². The van der Waals surface area contributed by atoms with Gasteiger partial charge in [-0.2, -0.15) is 13.2 Å². The predicted molar refractivity (Wildman–Crippen MR) is 243 cm³/mol. The number of carbonyl (C=O) groups excluding carboxylic acids is 2. The van der Waals surface area contributed by atoms with Crippen molar-refractivity contribution >= 4 is 17.7 Å². The number of rotatable bonds is 12. The average molecular weight is 983 g/mol. The Labute approximate surface area is 399 Å². The van der Waals surface area contributed by atoms with Gasteiger partial charge < -0.3 is 73.9 Å². The van der Waals surface area contributed by atoms with Gasteiger partial charge in [0.25, 0.3) is 0 Å². The van der Waals surface area contributed by atoms with Crippen LogP contribution in [0.5, 0.6) is 0 Å². The summed E-state index contributed by atoms with van der Waals surface area (Å²) in [5, 5.41) is 64.5. The van der Waals surface area contributed by atoms with Gasteiger partial charge in [-0.1, -0.05) is 20.8 Å². The van der Waals surface area contributed by atoms with E-state index in [9.17, 15) is 48.3 Å². The van der Waals surface area contributed by atoms with Crippen molar-refractivity contribution in [2.45, 2.75) is 205 Å². The molecule has 18 nitrogen and oxygen atoms in total. The zero-order chi connectivity index (χ0) is 51.4. The standard InChI is InChI=1S/C47H81F3N4O14/c1-15-33-46(11,61)37(56)29(7)54(18-16-17-51-43(59)52-31-19-25(3)63-40(31)47(48,49)50)23-24(2)21-44(9,60)39(68-42-35(55)32(53(12)13)20-26(4)64-42)27(5)36(28(6)41(58)66-33)67-34-22-45(10,62-14)38(57)30(8)65-34/h19,24,26-30,32-39,42,55-57,60-61H,15-18,20-23H2,1-14H3,(H2,51,52,59)/t24-,26-,27+,28-,29-,30+,32+,33-,34+,35-,36+,37-,38+,39-,42+,44-,45-,46-/m1/s1. The zero-order valence-corrected chi connectivity index (χ0v) is 42.3. The van der Waals surface area contributed by atoms with Crippen LogP contribution in [0, 0.1) is 24.7 Å². The summed E-state index contributed by atoms with van der Waals surface area (Å²) >= 11 is 0. The zero-order valence-electron chi connectivity index (χ0n) is 42.3. The number of likely N-dealkylation sites (N-methyl/N-ethyl adjacent to an activating group) is 1. The van der Waals surface area contributed by atoms with Crippen LogP contribution in [0.1, 0.15) is 113 Å². The first-order valence-electron chi connectivity index (χ1n) is 23.9. The monoisotopic (exact) mass is 983 g/mol. The van der Waals surface area contributed by atoms with Gasteiger partial charge in [0.05, 0.1) is 47.2 Å². The van der Waals surface area contributed by atoms with Crippen molar-refractivity contribution in [3.8, 4) is 0 Å². The van der Waals surface area contributed by atoms with Crippen molar-refractivity contribution < 1.29 is 81.1 Å². The number of aliphatic hydroxyl groups is 5. The summed E-state index contributed by atoms with van der Waals surface area (Å²) in [7, 11) is 5.15. The van der Waals surface area contributed by atoms with E-state index in [1.807, 2.05) is 37.7 Å². The normalized spacial score (nSPS) is 40.9. The second kappa shape index (κ2) is 23.3. The summed E-state index contributed by atoms with van der Waals surface area (Å²) in [5.74, 6) is -4.56. The van der Waals surface area contributed by atoms with Gasteiger partial charge in [-0.25, -0.2) is 4.79 Å². The van der Waals surface area contributed by atoms with Gasteiger partial charge in [0.15, 0.2) is 12.6 Å². The molecule has 3 aliphatic heterocycles. The molecule has 1 aromatic heterocycles. The number of aliphatic hydroxyl groups excluding tert-OH is 3. The van der Waals surface area contributed by atoms with E-state index in [0.717, 1.165) is 6.07 Å². The number of methoxy groups -OCH3 is 1. The van der Waals surface area contributed by atoms with E-state index >= 15 is 0 Å². The number of nitrogens with one attached hydrogen (secondary N) is 2. The topological polar surface area (TPSA) is 234 Å². The Morgan fingerprint density at radius 1 is 1.00 bits per heavy atom. The molecule has 0 radical (unpaired) electrons. The maximum atomic E-state index is 14.5. The van der Waals surface area contributed by atoms with E-state index in [1.54, 1.807) is 48.5 Å². The molecule has 1 aromatic rings. The molecule has 4 rings (SSSR count). The molecule has 0 aliphatic carbocycles. The molecule has 0 bridgehead atoms. The van der Waals surface area contributed by atoms with E-state index in [2.05, 4.69) is 10.6 Å². The van der Waals surface area contributed by atoms with Crippen molar-refractivity contribution in [2.24, 2.45) is 17.8 Å². The average Bonchev–Trinajstić information content (AvgIpc) is 3.62. The number of nitrogens with zero attached hydrogens (tertiary/aromatic N) is 2. The van der Waals surface area contributed by atoms with E-state index in [-0.39, 0.29) is 69.1 Å². The van der Waals surface area contributed by atoms with Gasteiger partial charge in [-0.15, -0.1) is 0 Å². The lowest BCUT2D eigenvalue weighted by atomic mass is 9.77. The quantitative estimate of drug-likeness (QED) is 0.114. The van der Waals surface area contributed by atoms with Crippen molar-refractivity contribution in [1.29, 1.82) is 0 Å². The Bertz CT molecular complexity index is 1790. The van der Waals surface area contributed by atoms with Crippen LogP contribution < -0.4 is 10.6 Å². The molecule has 3 saturated heterocycles. The van der Waals surface area contributed by atoms with Gasteiger partial charge in [-0.3, -0.25) is 9.69 Å². The molecule has 3 fully saturated rings. The van der Waals surface area contributed by atoms with Crippen LogP contribution in [0.25, 0.3) is 0 Å². The minimum Gasteiger partial charge on any atom is -0.459 e. The molecule has 0 unspecified atom stereocenters. The Morgan fingerprint density at radius 2 is 1.65 bits per heavy atom. The number of carbonyl (C=O) groups is 2. The minimum absolute atomic E-state index is 0.00418. The van der Waals surface area contributed by atoms with Crippen LogP contribution in [0.15, 0.2) is 10.5 Å². The Balaban J connectivity index is 1.73. The highest BCUT2D eigenvalue weighted by Gasteiger charge is 2.53. The Kier molecular flexibility index (Phi) is 19.8. The molecule has 4 heterocycles. The maximum absolute atomic E-state index is 14.5. The number of aryl methyl sites for hydroxylation is 1. The second-order valence-electron chi connectivity index (χ2n) is 20.6. The number of halogens is 3. The van der Waals surface area contributed by atoms with Gasteiger partial charge in [-0.05, 0) is 101 Å². The number of furan rings is 1. The molecule has 0 saturated carbocycles. The van der Waals surface area contributed by atoms with Crippen molar-refractivity contribution in [1.82, 2.24) is 15.1 Å². The van der Waals surface area contributed by atoms with Gasteiger partial charge in [0.2, 0.25) is 5.76 Å². The number of hydrogen-bond donors (Lipinski definition) is 7. The summed E-state index contributed by atoms with van der Waals surface area (Å²) in [6.45, 7) is 18.6. The van der Waals surface area contributed by atoms with Crippen molar-refractivity contribution in [2.75, 3.05) is 46.2 Å². The highest BCUT2D eigenvalue weighted by molar-refractivity contribution is 5.90. The predicted octanol–water partition coefficient (Wildman–Crippen LogP) is 4.40. The van der Waals surface area contributed by atoms with Crippen LogP contribution in [0.2, 0.25) is 0 Å². The highest BCUT2D eigenvalue weighted by Crippen LogP contribution is 2.41. The van der Waals surface area contributed by atoms with Gasteiger partial charge in [0.1, 0.15) is 35.8 Å². The second-order valence-corrected chi connectivity index (χ2v) is 20.6. The minimum atomic E-state index is -4.83. The molecule has 2 amide bonds. The van der Waals surface area contributed by atoms with Crippen molar-refractivity contribution in [3.63, 3.8) is 0 Å². The van der Waals surface area contributed by atoms with Crippen LogP contribution in [0.4, 0.5) is 23.7 Å². The SMILES string of the molecule is CC[C@H]1OC(=O)[C@H](C)[C@@H](O[C@H]2C[C@@](C)(OC)[C@@H](O)[C@H](C)O2)[C@H](C)[C@@H](O[C@@H]2O[C@H](C)C[C@H](N(C)C)[C@H]2O)[C@](C)(O)C[C@@H](C)CN(CCCNC(=O)Nc2cc(C)oc2C(F)(F)F)[C@H](C)[C@@H](O)[C@]1(C)O. The Hall–Kier alpha value is -2.67. The van der Waals surface area contributed by atoms with E-state index in [4.69, 9.17) is 32.8 Å². The highest BCUT2D eigenvalue weighted by atomic mass is 19.4. The number of ether oxygens (including phenoxy) is 6. The Morgan fingerprint density at radius 3 is 2.24 bits per heavy atom. The van der Waals surface area contributed by atoms with E-state index < -0.39 is 120 Å². The molecular formula is C47H81F3N4O14. The fourth-order valence-corrected chi connectivity index (χ4v) is 10.4. The third-order valence-electron chi connectivity index (χ3n) is 14.3. The first-order chi connectivity index (χ1) is 31.4. The molecular weight excluding hydrogens is 902 g/mol. The third-order valence-corrected chi connectivity index (χ3v) is 14.3. The first kappa shape index (κ1) is 57.9. The van der Waals surface area contributed by atoms with E-state index in [1.165, 1.54) is 21.0 Å². The number of urea groups is 1. The summed E-state index contributed by atoms with van der Waals surface area (Å²) in [6.07, 6.45) is -14.5. The summed E-state index contributed by atoms with van der Waals surface area (Å²) in [4.78, 5) is 31.0. The lowest BCUT2D eigenvalue weighted by Crippen LogP contribution is -2.60. The number of cyclic esters (lactones) is 1. The lowest BCUT2D eigenvalue weighted by Gasteiger charge is -2.48. The third kappa shape index (κ3) is 13.8. The molecule has 68 heavy (non-hydrogen) atoms. The fraction of sp³-hybridized carbons (Fsp3) is 0.872. The molecule has 3 aliphatic rings. The molecule has 0 spiro atoms. The van der Waals surface area contributed by atoms with Crippen molar-refractivity contribution in [3.05, 3.63) is 17.6 Å². The molecule has 18 atom stereocenters. The van der Waals surface area contributed by atoms with Crippen LogP contribution in [0.3, 0.4) is 0 Å². The number of amides is 2. The fourth-order valence-electron chi connectivity index (χ4n) is 10.4. The number of esters is 1. The van der Waals surface area contributed by atoms with Gasteiger partial charge in [0, 0.05) is 57.2 Å². The molecule has 21 heteroatoms. The van der Waals surface area contributed by atoms with Crippen LogP contribution in [-0.4, -0.2) is 178 Å². The number of hydrogen-bond acceptors (Lipinski definition) is 16. The number of alkyl halides is 3. The molecule has 7 N–H and O–H groups in total. The largest absolute Gasteiger partial charge is 0.459 e. The van der Waals surface area contributed by atoms with Crippen LogP contribution >= 0.6 is 0 Å². The van der Waals surface area contributed by atoms with E-state index in [0.29, 0.717) is 6.42 Å². The summed E-state index contributed by atoms with van der Waals surface area (Å²) in [5.41, 5.74) is -5.40. The smallest absolute Gasteiger partial charge is 0.451 e. The maximum Gasteiger partial charge on any atom is 0.451 e. The molecule has 0 aromatic carbocycles. The van der Waals surface area contributed by atoms with Crippen LogP contribution in [-0.2, 0) is 39.4 Å². The first-order valence-corrected chi connectivity index (χ1v) is 23.9.